The molecular formula is C17H32N2O. The number of nitrogens with one attached hydrogen (secondary N) is 1. The lowest BCUT2D eigenvalue weighted by Gasteiger charge is -2.49. The summed E-state index contributed by atoms with van der Waals surface area (Å²) >= 11 is 0. The Hall–Kier alpha value is -0.120. The molecule has 1 aliphatic heterocycles. The molecule has 3 nitrogen and oxygen atoms in total. The molecule has 3 aliphatic rings. The highest BCUT2D eigenvalue weighted by Gasteiger charge is 2.49. The van der Waals surface area contributed by atoms with Crippen LogP contribution >= 0.6 is 0 Å². The summed E-state index contributed by atoms with van der Waals surface area (Å²) in [4.78, 5) is 2.76. The Morgan fingerprint density at radius 1 is 1.20 bits per heavy atom. The van der Waals surface area contributed by atoms with Crippen molar-refractivity contribution in [2.24, 2.45) is 11.8 Å². The van der Waals surface area contributed by atoms with Gasteiger partial charge in [0.2, 0.25) is 0 Å². The molecule has 1 N–H and O–H groups in total. The van der Waals surface area contributed by atoms with Gasteiger partial charge in [-0.1, -0.05) is 13.3 Å². The molecule has 0 aromatic carbocycles. The Morgan fingerprint density at radius 2 is 2.00 bits per heavy atom. The number of piperazine rings is 1. The van der Waals surface area contributed by atoms with Crippen LogP contribution in [0.25, 0.3) is 0 Å². The third-order valence-electron chi connectivity index (χ3n) is 5.66. The van der Waals surface area contributed by atoms with Crippen LogP contribution in [0.2, 0.25) is 0 Å². The zero-order valence-corrected chi connectivity index (χ0v) is 13.4. The molecule has 3 rings (SSSR count). The van der Waals surface area contributed by atoms with E-state index in [9.17, 15) is 0 Å². The van der Waals surface area contributed by atoms with Gasteiger partial charge in [0.05, 0.1) is 6.61 Å². The first-order chi connectivity index (χ1) is 9.74. The largest absolute Gasteiger partial charge is 0.380 e. The highest BCUT2D eigenvalue weighted by molar-refractivity contribution is 5.06. The highest BCUT2D eigenvalue weighted by atomic mass is 16.5. The van der Waals surface area contributed by atoms with Gasteiger partial charge in [0.15, 0.2) is 0 Å². The fraction of sp³-hybridized carbons (Fsp3) is 1.00. The second-order valence-electron chi connectivity index (χ2n) is 7.37. The smallest absolute Gasteiger partial charge is 0.0593 e. The SMILES string of the molecule is CCCCOCCN1CC(C2CC2)NCC1(C)C1CC1. The minimum absolute atomic E-state index is 0.388. The van der Waals surface area contributed by atoms with Crippen molar-refractivity contribution in [3.63, 3.8) is 0 Å². The Bertz CT molecular complexity index is 314. The molecule has 0 spiro atoms. The molecule has 2 aliphatic carbocycles. The standard InChI is InChI=1S/C17H32N2O/c1-3-4-10-20-11-9-19-12-16(14-5-6-14)18-13-17(19,2)15-7-8-15/h14-16,18H,3-13H2,1-2H3. The molecule has 0 radical (unpaired) electrons. The van der Waals surface area contributed by atoms with Crippen molar-refractivity contribution in [1.29, 1.82) is 0 Å². The molecule has 1 heterocycles. The zero-order valence-electron chi connectivity index (χ0n) is 13.4. The van der Waals surface area contributed by atoms with Gasteiger partial charge in [-0.3, -0.25) is 4.90 Å². The second kappa shape index (κ2) is 6.33. The van der Waals surface area contributed by atoms with Gasteiger partial charge in [-0.15, -0.1) is 0 Å². The molecular weight excluding hydrogens is 248 g/mol. The van der Waals surface area contributed by atoms with Crippen LogP contribution in [0.1, 0.15) is 52.4 Å². The first kappa shape index (κ1) is 14.8. The molecule has 2 unspecified atom stereocenters. The second-order valence-corrected chi connectivity index (χ2v) is 7.37. The summed E-state index contributed by atoms with van der Waals surface area (Å²) in [6.45, 7) is 10.1. The Morgan fingerprint density at radius 3 is 2.65 bits per heavy atom. The van der Waals surface area contributed by atoms with Crippen LogP contribution in [0.3, 0.4) is 0 Å². The predicted octanol–water partition coefficient (Wildman–Crippen LogP) is 2.66. The van der Waals surface area contributed by atoms with Gasteiger partial charge in [0, 0.05) is 37.8 Å². The van der Waals surface area contributed by atoms with Gasteiger partial charge in [-0.25, -0.2) is 0 Å². The van der Waals surface area contributed by atoms with Crippen molar-refractivity contribution < 1.29 is 4.74 Å². The van der Waals surface area contributed by atoms with E-state index < -0.39 is 0 Å². The fourth-order valence-electron chi connectivity index (χ4n) is 3.75. The summed E-state index contributed by atoms with van der Waals surface area (Å²) in [7, 11) is 0. The lowest BCUT2D eigenvalue weighted by Crippen LogP contribution is -2.65. The van der Waals surface area contributed by atoms with E-state index in [1.807, 2.05) is 0 Å². The topological polar surface area (TPSA) is 24.5 Å². The Kier molecular flexibility index (Phi) is 4.68. The minimum Gasteiger partial charge on any atom is -0.380 e. The van der Waals surface area contributed by atoms with Gasteiger partial charge in [-0.2, -0.15) is 0 Å². The molecule has 0 aromatic rings. The van der Waals surface area contributed by atoms with Gasteiger partial charge in [0.25, 0.3) is 0 Å². The molecule has 0 aromatic heterocycles. The molecule has 20 heavy (non-hydrogen) atoms. The average Bonchev–Trinajstić information content (AvgIpc) is 3.31. The first-order valence-corrected chi connectivity index (χ1v) is 8.80. The monoisotopic (exact) mass is 280 g/mol. The van der Waals surface area contributed by atoms with Crippen molar-refractivity contribution in [2.45, 2.75) is 64.0 Å². The highest BCUT2D eigenvalue weighted by Crippen LogP contribution is 2.45. The minimum atomic E-state index is 0.388. The summed E-state index contributed by atoms with van der Waals surface area (Å²) in [5.74, 6) is 1.88. The van der Waals surface area contributed by atoms with Crippen LogP contribution in [0.15, 0.2) is 0 Å². The molecule has 0 bridgehead atoms. The molecule has 0 amide bonds. The third-order valence-corrected chi connectivity index (χ3v) is 5.66. The summed E-state index contributed by atoms with van der Waals surface area (Å²) in [6.07, 6.45) is 8.18. The quantitative estimate of drug-likeness (QED) is 0.692. The zero-order chi connectivity index (χ0) is 14.0. The number of unbranched alkanes of at least 4 members (excludes halogenated alkanes) is 1. The van der Waals surface area contributed by atoms with E-state index in [1.54, 1.807) is 0 Å². The predicted molar refractivity (Wildman–Crippen MR) is 82.9 cm³/mol. The third kappa shape index (κ3) is 3.37. The molecule has 3 fully saturated rings. The van der Waals surface area contributed by atoms with Crippen molar-refractivity contribution in [3.05, 3.63) is 0 Å². The van der Waals surface area contributed by atoms with E-state index in [4.69, 9.17) is 4.74 Å². The first-order valence-electron chi connectivity index (χ1n) is 8.80. The maximum absolute atomic E-state index is 5.82. The van der Waals surface area contributed by atoms with E-state index in [2.05, 4.69) is 24.1 Å². The van der Waals surface area contributed by atoms with Crippen LogP contribution in [0, 0.1) is 11.8 Å². The maximum Gasteiger partial charge on any atom is 0.0593 e. The number of nitrogens with zero attached hydrogens (tertiary/aromatic N) is 1. The average molecular weight is 280 g/mol. The van der Waals surface area contributed by atoms with Crippen LogP contribution in [-0.2, 0) is 4.74 Å². The summed E-state index contributed by atoms with van der Waals surface area (Å²) in [5.41, 5.74) is 0.388. The van der Waals surface area contributed by atoms with Crippen molar-refractivity contribution in [3.8, 4) is 0 Å². The maximum atomic E-state index is 5.82. The van der Waals surface area contributed by atoms with Gasteiger partial charge >= 0.3 is 0 Å². The Balaban J connectivity index is 1.51. The van der Waals surface area contributed by atoms with Crippen molar-refractivity contribution in [2.75, 3.05) is 32.8 Å². The van der Waals surface area contributed by atoms with Gasteiger partial charge in [0.1, 0.15) is 0 Å². The van der Waals surface area contributed by atoms with E-state index in [-0.39, 0.29) is 0 Å². The van der Waals surface area contributed by atoms with E-state index >= 15 is 0 Å². The lowest BCUT2D eigenvalue weighted by atomic mass is 9.88. The Labute approximate surface area is 124 Å². The number of hydrogen-bond acceptors (Lipinski definition) is 3. The van der Waals surface area contributed by atoms with Crippen molar-refractivity contribution in [1.82, 2.24) is 10.2 Å². The molecule has 1 saturated heterocycles. The van der Waals surface area contributed by atoms with Crippen molar-refractivity contribution >= 4 is 0 Å². The molecule has 3 heteroatoms. The normalized spacial score (nSPS) is 35.4. The molecule has 2 atom stereocenters. The number of ether oxygens (including phenoxy) is 1. The lowest BCUT2D eigenvalue weighted by molar-refractivity contribution is 0.00355. The van der Waals surface area contributed by atoms with E-state index in [0.717, 1.165) is 37.6 Å². The van der Waals surface area contributed by atoms with Crippen LogP contribution < -0.4 is 5.32 Å². The fourth-order valence-corrected chi connectivity index (χ4v) is 3.75. The van der Waals surface area contributed by atoms with Gasteiger partial charge < -0.3 is 10.1 Å². The molecule has 2 saturated carbocycles. The van der Waals surface area contributed by atoms with Crippen LogP contribution in [0.5, 0.6) is 0 Å². The van der Waals surface area contributed by atoms with E-state index in [0.29, 0.717) is 5.54 Å². The summed E-state index contributed by atoms with van der Waals surface area (Å²) in [6, 6.07) is 0.748. The number of rotatable bonds is 8. The van der Waals surface area contributed by atoms with E-state index in [1.165, 1.54) is 51.6 Å². The number of hydrogen-bond donors (Lipinski definition) is 1. The van der Waals surface area contributed by atoms with Crippen LogP contribution in [0.4, 0.5) is 0 Å². The van der Waals surface area contributed by atoms with Gasteiger partial charge in [-0.05, 0) is 50.9 Å². The summed E-state index contributed by atoms with van der Waals surface area (Å²) in [5, 5.41) is 3.85. The summed E-state index contributed by atoms with van der Waals surface area (Å²) < 4.78 is 5.82. The van der Waals surface area contributed by atoms with Crippen LogP contribution in [-0.4, -0.2) is 49.3 Å². The molecule has 116 valence electrons.